The second kappa shape index (κ2) is 7.88. The maximum atomic E-state index is 13.1. The van der Waals surface area contributed by atoms with E-state index in [0.717, 1.165) is 29.8 Å². The maximum Gasteiger partial charge on any atom is 0.243 e. The van der Waals surface area contributed by atoms with Crippen LogP contribution in [0.25, 0.3) is 0 Å². The van der Waals surface area contributed by atoms with E-state index in [4.69, 9.17) is 0 Å². The van der Waals surface area contributed by atoms with Crippen LogP contribution in [0.15, 0.2) is 23.1 Å². The Hall–Kier alpha value is -1.84. The molecular weight excluding hydrogens is 396 g/mol. The first-order valence-electron chi connectivity index (χ1n) is 9.66. The van der Waals surface area contributed by atoms with Crippen LogP contribution in [0.1, 0.15) is 41.8 Å². The molecule has 1 aromatic carbocycles. The summed E-state index contributed by atoms with van der Waals surface area (Å²) in [5.74, 6) is -0.318. The predicted molar refractivity (Wildman–Crippen MR) is 108 cm³/mol. The van der Waals surface area contributed by atoms with E-state index < -0.39 is 10.0 Å². The van der Waals surface area contributed by atoms with Gasteiger partial charge >= 0.3 is 0 Å². The minimum absolute atomic E-state index is 0.109. The first kappa shape index (κ1) is 19.5. The quantitative estimate of drug-likeness (QED) is 0.821. The second-order valence-electron chi connectivity index (χ2n) is 7.43. The van der Waals surface area contributed by atoms with Gasteiger partial charge in [-0.2, -0.15) is 4.31 Å². The number of fused-ring (bicyclic) bond motifs is 1. The molecule has 0 radical (unpaired) electrons. The number of anilines is 1. The third-order valence-electron chi connectivity index (χ3n) is 5.54. The summed E-state index contributed by atoms with van der Waals surface area (Å²) < 4.78 is 27.6. The highest BCUT2D eigenvalue weighted by molar-refractivity contribution is 7.89. The molecule has 0 spiro atoms. The molecule has 1 saturated heterocycles. The Morgan fingerprint density at radius 3 is 2.54 bits per heavy atom. The Bertz CT molecular complexity index is 979. The van der Waals surface area contributed by atoms with Gasteiger partial charge in [-0.05, 0) is 68.7 Å². The fourth-order valence-corrected chi connectivity index (χ4v) is 6.05. The van der Waals surface area contributed by atoms with Crippen LogP contribution in [-0.2, 0) is 27.7 Å². The van der Waals surface area contributed by atoms with E-state index in [1.165, 1.54) is 27.6 Å². The molecule has 150 valence electrons. The largest absolute Gasteiger partial charge is 0.300 e. The van der Waals surface area contributed by atoms with Crippen molar-refractivity contribution in [1.29, 1.82) is 0 Å². The number of benzene rings is 1. The van der Waals surface area contributed by atoms with Gasteiger partial charge in [0.05, 0.1) is 4.90 Å². The van der Waals surface area contributed by atoms with Crippen molar-refractivity contribution in [3.05, 3.63) is 34.3 Å². The number of nitrogens with one attached hydrogen (secondary N) is 1. The van der Waals surface area contributed by atoms with Crippen LogP contribution in [0, 0.1) is 12.8 Å². The third kappa shape index (κ3) is 3.97. The SMILES string of the molecule is Cc1nnc(NC(=O)C2CCN(S(=O)(=O)c3ccc4c(c3)CCCC4)CC2)s1. The van der Waals surface area contributed by atoms with E-state index in [0.29, 0.717) is 36.0 Å². The summed E-state index contributed by atoms with van der Waals surface area (Å²) in [6.45, 7) is 2.54. The molecule has 0 saturated carbocycles. The molecule has 1 amide bonds. The number of hydrogen-bond donors (Lipinski definition) is 1. The summed E-state index contributed by atoms with van der Waals surface area (Å²) in [5, 5.41) is 11.9. The van der Waals surface area contributed by atoms with Crippen molar-refractivity contribution < 1.29 is 13.2 Å². The lowest BCUT2D eigenvalue weighted by Crippen LogP contribution is -2.41. The molecule has 2 aliphatic rings. The molecule has 28 heavy (non-hydrogen) atoms. The normalized spacial score (nSPS) is 18.6. The van der Waals surface area contributed by atoms with Crippen LogP contribution in [0.5, 0.6) is 0 Å². The molecule has 4 rings (SSSR count). The van der Waals surface area contributed by atoms with Crippen molar-refractivity contribution in [3.63, 3.8) is 0 Å². The van der Waals surface area contributed by atoms with Crippen molar-refractivity contribution >= 4 is 32.4 Å². The van der Waals surface area contributed by atoms with Gasteiger partial charge in [-0.15, -0.1) is 10.2 Å². The molecule has 9 heteroatoms. The first-order valence-corrected chi connectivity index (χ1v) is 11.9. The van der Waals surface area contributed by atoms with Crippen molar-refractivity contribution in [2.75, 3.05) is 18.4 Å². The third-order valence-corrected chi connectivity index (χ3v) is 8.19. The number of carbonyl (C=O) groups is 1. The van der Waals surface area contributed by atoms with Crippen LogP contribution >= 0.6 is 11.3 Å². The van der Waals surface area contributed by atoms with Crippen LogP contribution in [-0.4, -0.2) is 41.9 Å². The monoisotopic (exact) mass is 420 g/mol. The van der Waals surface area contributed by atoms with E-state index in [-0.39, 0.29) is 11.8 Å². The zero-order chi connectivity index (χ0) is 19.7. The smallest absolute Gasteiger partial charge is 0.243 e. The number of sulfonamides is 1. The summed E-state index contributed by atoms with van der Waals surface area (Å²) in [6, 6.07) is 5.54. The Morgan fingerprint density at radius 1 is 1.14 bits per heavy atom. The number of nitrogens with zero attached hydrogens (tertiary/aromatic N) is 3. The Labute approximate surface area is 169 Å². The van der Waals surface area contributed by atoms with E-state index >= 15 is 0 Å². The summed E-state index contributed by atoms with van der Waals surface area (Å²) in [6.07, 6.45) is 5.29. The maximum absolute atomic E-state index is 13.1. The Kier molecular flexibility index (Phi) is 5.48. The molecule has 0 bridgehead atoms. The Balaban J connectivity index is 1.40. The highest BCUT2D eigenvalue weighted by Gasteiger charge is 2.32. The number of aryl methyl sites for hydroxylation is 3. The lowest BCUT2D eigenvalue weighted by Gasteiger charge is -2.30. The summed E-state index contributed by atoms with van der Waals surface area (Å²) in [7, 11) is -3.52. The van der Waals surface area contributed by atoms with Crippen LogP contribution in [0.3, 0.4) is 0 Å². The lowest BCUT2D eigenvalue weighted by molar-refractivity contribution is -0.120. The standard InChI is InChI=1S/C19H24N4O3S2/c1-13-21-22-19(27-13)20-18(24)15-8-10-23(11-9-15)28(25,26)17-7-6-14-4-2-3-5-16(14)12-17/h6-7,12,15H,2-5,8-11H2,1H3,(H,20,22,24). The zero-order valence-electron chi connectivity index (χ0n) is 15.8. The number of rotatable bonds is 4. The van der Waals surface area contributed by atoms with E-state index in [1.807, 2.05) is 19.1 Å². The van der Waals surface area contributed by atoms with Crippen molar-refractivity contribution in [1.82, 2.24) is 14.5 Å². The molecule has 7 nitrogen and oxygen atoms in total. The molecular formula is C19H24N4O3S2. The van der Waals surface area contributed by atoms with Crippen LogP contribution in [0.4, 0.5) is 5.13 Å². The van der Waals surface area contributed by atoms with Gasteiger partial charge in [-0.1, -0.05) is 17.4 Å². The first-order chi connectivity index (χ1) is 13.4. The van der Waals surface area contributed by atoms with Crippen LogP contribution < -0.4 is 5.32 Å². The molecule has 1 N–H and O–H groups in total. The van der Waals surface area contributed by atoms with Gasteiger partial charge in [0.1, 0.15) is 5.01 Å². The molecule has 2 heterocycles. The molecule has 1 aliphatic carbocycles. The summed E-state index contributed by atoms with van der Waals surface area (Å²) >= 11 is 1.33. The van der Waals surface area contributed by atoms with Crippen molar-refractivity contribution in [2.45, 2.75) is 50.3 Å². The van der Waals surface area contributed by atoms with E-state index in [1.54, 1.807) is 6.07 Å². The number of amides is 1. The highest BCUT2D eigenvalue weighted by Crippen LogP contribution is 2.28. The highest BCUT2D eigenvalue weighted by atomic mass is 32.2. The summed E-state index contributed by atoms with van der Waals surface area (Å²) in [5.41, 5.74) is 2.43. The van der Waals surface area contributed by atoms with E-state index in [2.05, 4.69) is 15.5 Å². The lowest BCUT2D eigenvalue weighted by atomic mass is 9.92. The van der Waals surface area contributed by atoms with Gasteiger partial charge in [0.2, 0.25) is 21.1 Å². The van der Waals surface area contributed by atoms with Gasteiger partial charge in [-0.3, -0.25) is 4.79 Å². The fraction of sp³-hybridized carbons (Fsp3) is 0.526. The number of aromatic nitrogens is 2. The molecule has 1 aromatic heterocycles. The summed E-state index contributed by atoms with van der Waals surface area (Å²) in [4.78, 5) is 12.8. The van der Waals surface area contributed by atoms with E-state index in [9.17, 15) is 13.2 Å². The van der Waals surface area contributed by atoms with Gasteiger partial charge in [-0.25, -0.2) is 8.42 Å². The zero-order valence-corrected chi connectivity index (χ0v) is 17.5. The molecule has 2 aromatic rings. The average molecular weight is 421 g/mol. The van der Waals surface area contributed by atoms with Crippen LogP contribution in [0.2, 0.25) is 0 Å². The predicted octanol–water partition coefficient (Wildman–Crippen LogP) is 2.76. The topological polar surface area (TPSA) is 92.3 Å². The molecule has 1 fully saturated rings. The van der Waals surface area contributed by atoms with Crippen molar-refractivity contribution in [3.8, 4) is 0 Å². The fourth-order valence-electron chi connectivity index (χ4n) is 3.93. The van der Waals surface area contributed by atoms with Gasteiger partial charge < -0.3 is 5.32 Å². The second-order valence-corrected chi connectivity index (χ2v) is 10.6. The number of carbonyl (C=O) groups excluding carboxylic acids is 1. The van der Waals surface area contributed by atoms with Gasteiger partial charge in [0.15, 0.2) is 0 Å². The van der Waals surface area contributed by atoms with Gasteiger partial charge in [0.25, 0.3) is 0 Å². The number of piperidine rings is 1. The van der Waals surface area contributed by atoms with Crippen molar-refractivity contribution in [2.24, 2.45) is 5.92 Å². The molecule has 1 aliphatic heterocycles. The molecule has 0 unspecified atom stereocenters. The Morgan fingerprint density at radius 2 is 1.86 bits per heavy atom. The minimum atomic E-state index is -3.52. The molecule has 0 atom stereocenters. The van der Waals surface area contributed by atoms with Gasteiger partial charge in [0, 0.05) is 19.0 Å². The number of hydrogen-bond acceptors (Lipinski definition) is 6. The average Bonchev–Trinajstić information content (AvgIpc) is 3.12. The minimum Gasteiger partial charge on any atom is -0.300 e.